The van der Waals surface area contributed by atoms with E-state index in [1.165, 1.54) is 81.6 Å². The predicted molar refractivity (Wildman–Crippen MR) is 174 cm³/mol. The molecule has 3 heteroatoms. The first-order valence-corrected chi connectivity index (χ1v) is 15.2. The van der Waals surface area contributed by atoms with E-state index >= 15 is 0 Å². The van der Waals surface area contributed by atoms with E-state index in [0.29, 0.717) is 0 Å². The molecule has 1 saturated carbocycles. The van der Waals surface area contributed by atoms with Gasteiger partial charge in [-0.15, -0.1) is 0 Å². The van der Waals surface area contributed by atoms with Crippen molar-refractivity contribution in [1.82, 2.24) is 0 Å². The Kier molecular flexibility index (Phi) is 4.67. The van der Waals surface area contributed by atoms with Crippen LogP contribution in [-0.2, 0) is 5.41 Å². The molecule has 9 rings (SSSR count). The van der Waals surface area contributed by atoms with Crippen molar-refractivity contribution in [1.29, 1.82) is 0 Å². The molecule has 1 aliphatic carbocycles. The first-order valence-electron chi connectivity index (χ1n) is 15.2. The summed E-state index contributed by atoms with van der Waals surface area (Å²) in [5.74, 6) is 0. The summed E-state index contributed by atoms with van der Waals surface area (Å²) in [6.45, 7) is 5.32. The third kappa shape index (κ3) is 2.89. The standard InChI is InChI=1S/C38H33BN2/c1-37-22-11-12-23-38(37,2)41-34-25-27(26-14-5-3-6-15-26)24-33-35(34)39(31-20-13-18-29(37)36(31)41)30-19-9-10-21-32(30)40(33)28-16-7-4-8-17-28/h3-10,13-21,24-25H,11-12,22-23H2,1-2H3/t37-,38?/m0/s1. The summed E-state index contributed by atoms with van der Waals surface area (Å²) in [7, 11) is 0. The molecule has 3 heterocycles. The Morgan fingerprint density at radius 1 is 0.610 bits per heavy atom. The molecule has 0 bridgehead atoms. The highest BCUT2D eigenvalue weighted by Crippen LogP contribution is 2.61. The van der Waals surface area contributed by atoms with Crippen LogP contribution in [0.5, 0.6) is 0 Å². The van der Waals surface area contributed by atoms with Crippen molar-refractivity contribution in [3.8, 4) is 11.1 Å². The van der Waals surface area contributed by atoms with E-state index < -0.39 is 0 Å². The van der Waals surface area contributed by atoms with Gasteiger partial charge in [-0.05, 0) is 83.2 Å². The van der Waals surface area contributed by atoms with Crippen LogP contribution in [0.15, 0.2) is 115 Å². The van der Waals surface area contributed by atoms with E-state index in [-0.39, 0.29) is 17.7 Å². The molecule has 1 fully saturated rings. The Balaban J connectivity index is 1.43. The average Bonchev–Trinajstić information content (AvgIpc) is 3.24. The number of hydrogen-bond acceptors (Lipinski definition) is 2. The van der Waals surface area contributed by atoms with Crippen LogP contribution in [0.4, 0.5) is 28.4 Å². The zero-order valence-electron chi connectivity index (χ0n) is 23.8. The number of benzene rings is 5. The highest BCUT2D eigenvalue weighted by atomic mass is 15.3. The molecule has 2 nitrogen and oxygen atoms in total. The highest BCUT2D eigenvalue weighted by molar-refractivity contribution is 7.00. The zero-order chi connectivity index (χ0) is 27.3. The summed E-state index contributed by atoms with van der Waals surface area (Å²) in [6.07, 6.45) is 5.05. The first-order chi connectivity index (χ1) is 20.1. The highest BCUT2D eigenvalue weighted by Gasteiger charge is 2.61. The van der Waals surface area contributed by atoms with Gasteiger partial charge in [0.15, 0.2) is 0 Å². The van der Waals surface area contributed by atoms with Crippen molar-refractivity contribution < 1.29 is 0 Å². The van der Waals surface area contributed by atoms with E-state index in [1.54, 1.807) is 5.56 Å². The van der Waals surface area contributed by atoms with Crippen molar-refractivity contribution in [2.75, 3.05) is 9.80 Å². The van der Waals surface area contributed by atoms with Gasteiger partial charge in [0.25, 0.3) is 6.71 Å². The number of fused-ring (bicyclic) bond motifs is 7. The molecular weight excluding hydrogens is 495 g/mol. The molecular formula is C38H33BN2. The second-order valence-corrected chi connectivity index (χ2v) is 12.8. The van der Waals surface area contributed by atoms with Gasteiger partial charge in [0.1, 0.15) is 0 Å². The number of hydrogen-bond donors (Lipinski definition) is 0. The lowest BCUT2D eigenvalue weighted by Gasteiger charge is -2.52. The molecule has 0 amide bonds. The summed E-state index contributed by atoms with van der Waals surface area (Å²) in [4.78, 5) is 5.33. The maximum atomic E-state index is 2.82. The maximum absolute atomic E-state index is 2.82. The second kappa shape index (κ2) is 8.16. The molecule has 2 atom stereocenters. The Hall–Kier alpha value is -4.24. The molecule has 198 valence electrons. The molecule has 1 unspecified atom stereocenters. The lowest BCUT2D eigenvalue weighted by molar-refractivity contribution is 0.195. The molecule has 0 aromatic heterocycles. The minimum atomic E-state index is 0.0340. The molecule has 0 radical (unpaired) electrons. The third-order valence-electron chi connectivity index (χ3n) is 11.0. The van der Waals surface area contributed by atoms with E-state index in [4.69, 9.17) is 0 Å². The van der Waals surface area contributed by atoms with E-state index in [2.05, 4.69) is 139 Å². The minimum absolute atomic E-state index is 0.0340. The zero-order valence-corrected chi connectivity index (χ0v) is 23.8. The molecule has 5 aromatic rings. The number of rotatable bonds is 2. The molecule has 0 N–H and O–H groups in total. The van der Waals surface area contributed by atoms with Crippen LogP contribution in [0, 0.1) is 0 Å². The van der Waals surface area contributed by atoms with Crippen LogP contribution in [0.2, 0.25) is 0 Å². The first kappa shape index (κ1) is 23.5. The van der Waals surface area contributed by atoms with Crippen molar-refractivity contribution in [3.05, 3.63) is 121 Å². The van der Waals surface area contributed by atoms with Crippen LogP contribution < -0.4 is 26.2 Å². The van der Waals surface area contributed by atoms with E-state index in [1.807, 2.05) is 0 Å². The topological polar surface area (TPSA) is 6.48 Å². The van der Waals surface area contributed by atoms with E-state index in [0.717, 1.165) is 0 Å². The monoisotopic (exact) mass is 528 g/mol. The van der Waals surface area contributed by atoms with Gasteiger partial charge in [-0.2, -0.15) is 0 Å². The molecule has 41 heavy (non-hydrogen) atoms. The van der Waals surface area contributed by atoms with Gasteiger partial charge in [0, 0.05) is 33.9 Å². The van der Waals surface area contributed by atoms with Crippen molar-refractivity contribution in [3.63, 3.8) is 0 Å². The van der Waals surface area contributed by atoms with Crippen LogP contribution in [0.3, 0.4) is 0 Å². The summed E-state index contributed by atoms with van der Waals surface area (Å²) < 4.78 is 0. The summed E-state index contributed by atoms with van der Waals surface area (Å²) in [6, 6.07) is 43.2. The van der Waals surface area contributed by atoms with Gasteiger partial charge in [-0.3, -0.25) is 0 Å². The fourth-order valence-corrected chi connectivity index (χ4v) is 8.88. The van der Waals surface area contributed by atoms with Gasteiger partial charge in [0.2, 0.25) is 0 Å². The lowest BCUT2D eigenvalue weighted by Crippen LogP contribution is -2.64. The molecule has 5 aromatic carbocycles. The SMILES string of the molecule is CC12CCCC[C@@]1(C)c1cccc3c1N2c1cc(-c2ccccc2)cc2c1B3c1ccccc1N2c1ccccc1. The fourth-order valence-electron chi connectivity index (χ4n) is 8.88. The Morgan fingerprint density at radius 3 is 2.12 bits per heavy atom. The number of para-hydroxylation sites is 3. The largest absolute Gasteiger partial charge is 0.335 e. The van der Waals surface area contributed by atoms with Gasteiger partial charge in [-0.25, -0.2) is 0 Å². The Labute approximate surface area is 243 Å². The summed E-state index contributed by atoms with van der Waals surface area (Å²) in [5, 5.41) is 0. The van der Waals surface area contributed by atoms with Crippen LogP contribution >= 0.6 is 0 Å². The maximum Gasteiger partial charge on any atom is 0.252 e. The molecule has 3 aliphatic heterocycles. The van der Waals surface area contributed by atoms with Crippen LogP contribution in [-0.4, -0.2) is 12.3 Å². The van der Waals surface area contributed by atoms with E-state index in [9.17, 15) is 0 Å². The fraction of sp³-hybridized carbons (Fsp3) is 0.211. The minimum Gasteiger partial charge on any atom is -0.335 e. The van der Waals surface area contributed by atoms with Crippen LogP contribution in [0.1, 0.15) is 45.1 Å². The molecule has 4 aliphatic rings. The van der Waals surface area contributed by atoms with Gasteiger partial charge >= 0.3 is 0 Å². The second-order valence-electron chi connectivity index (χ2n) is 12.8. The molecule has 0 saturated heterocycles. The quantitative estimate of drug-likeness (QED) is 0.213. The molecule has 0 spiro atoms. The summed E-state index contributed by atoms with van der Waals surface area (Å²) >= 11 is 0. The smallest absolute Gasteiger partial charge is 0.252 e. The van der Waals surface area contributed by atoms with Crippen molar-refractivity contribution in [2.24, 2.45) is 0 Å². The number of nitrogens with zero attached hydrogens (tertiary/aromatic N) is 2. The van der Waals surface area contributed by atoms with Gasteiger partial charge < -0.3 is 9.80 Å². The lowest BCUT2D eigenvalue weighted by atomic mass is 9.33. The predicted octanol–water partition coefficient (Wildman–Crippen LogP) is 7.71. The van der Waals surface area contributed by atoms with Crippen molar-refractivity contribution >= 4 is 51.5 Å². The Morgan fingerprint density at radius 2 is 1.29 bits per heavy atom. The summed E-state index contributed by atoms with van der Waals surface area (Å²) in [5.41, 5.74) is 15.3. The number of anilines is 5. The van der Waals surface area contributed by atoms with Crippen LogP contribution in [0.25, 0.3) is 11.1 Å². The average molecular weight is 529 g/mol. The van der Waals surface area contributed by atoms with Gasteiger partial charge in [-0.1, -0.05) is 105 Å². The third-order valence-corrected chi connectivity index (χ3v) is 11.0. The normalized spacial score (nSPS) is 23.0. The Bertz CT molecular complexity index is 1850. The van der Waals surface area contributed by atoms with Gasteiger partial charge in [0.05, 0.1) is 5.54 Å². The van der Waals surface area contributed by atoms with Crippen molar-refractivity contribution in [2.45, 2.75) is 50.5 Å².